The Balaban J connectivity index is 1.72. The fourth-order valence-corrected chi connectivity index (χ4v) is 6.89. The van der Waals surface area contributed by atoms with Gasteiger partial charge in [0.15, 0.2) is 4.21 Å². The first-order valence-corrected chi connectivity index (χ1v) is 12.7. The van der Waals surface area contributed by atoms with E-state index in [1.54, 1.807) is 41.3 Å². The van der Waals surface area contributed by atoms with E-state index in [1.807, 2.05) is 26.0 Å². The third-order valence-corrected chi connectivity index (χ3v) is 8.92. The molecule has 0 saturated carbocycles. The van der Waals surface area contributed by atoms with Gasteiger partial charge in [0.2, 0.25) is 0 Å². The van der Waals surface area contributed by atoms with Crippen molar-refractivity contribution in [3.8, 4) is 0 Å². The van der Waals surface area contributed by atoms with Crippen molar-refractivity contribution in [3.63, 3.8) is 0 Å². The van der Waals surface area contributed by atoms with Crippen LogP contribution in [0.5, 0.6) is 0 Å². The van der Waals surface area contributed by atoms with Crippen molar-refractivity contribution in [2.75, 3.05) is 18.4 Å². The second kappa shape index (κ2) is 8.99. The first kappa shape index (κ1) is 23.0. The van der Waals surface area contributed by atoms with E-state index in [4.69, 9.17) is 4.74 Å². The molecule has 2 heterocycles. The number of amides is 1. The Labute approximate surface area is 197 Å². The van der Waals surface area contributed by atoms with Crippen LogP contribution in [-0.4, -0.2) is 38.8 Å². The molecule has 0 aliphatic carbocycles. The van der Waals surface area contributed by atoms with E-state index >= 15 is 0 Å². The summed E-state index contributed by atoms with van der Waals surface area (Å²) in [5.74, 6) is -0.830. The maximum absolute atomic E-state index is 13.4. The molecule has 1 aliphatic heterocycles. The number of benzene rings is 2. The van der Waals surface area contributed by atoms with Crippen LogP contribution in [0.3, 0.4) is 0 Å². The highest BCUT2D eigenvalue weighted by Crippen LogP contribution is 2.38. The van der Waals surface area contributed by atoms with Crippen molar-refractivity contribution in [2.45, 2.75) is 31.0 Å². The van der Waals surface area contributed by atoms with Crippen LogP contribution in [-0.2, 0) is 27.7 Å². The summed E-state index contributed by atoms with van der Waals surface area (Å²) >= 11 is 1.01. The van der Waals surface area contributed by atoms with Crippen molar-refractivity contribution in [1.82, 2.24) is 4.90 Å². The molecule has 2 aromatic carbocycles. The molecule has 0 atom stereocenters. The minimum absolute atomic E-state index is 0.0575. The molecule has 172 valence electrons. The van der Waals surface area contributed by atoms with E-state index in [-0.39, 0.29) is 22.2 Å². The number of methoxy groups -OCH3 is 1. The molecule has 7 nitrogen and oxygen atoms in total. The van der Waals surface area contributed by atoms with Crippen molar-refractivity contribution < 1.29 is 22.7 Å². The molecule has 0 spiro atoms. The van der Waals surface area contributed by atoms with Crippen LogP contribution in [0.1, 0.15) is 42.3 Å². The molecule has 1 amide bonds. The quantitative estimate of drug-likeness (QED) is 0.549. The van der Waals surface area contributed by atoms with Gasteiger partial charge in [-0.15, -0.1) is 11.3 Å². The second-order valence-corrected chi connectivity index (χ2v) is 10.8. The van der Waals surface area contributed by atoms with E-state index in [2.05, 4.69) is 4.72 Å². The Hall–Kier alpha value is -3.17. The highest BCUT2D eigenvalue weighted by molar-refractivity contribution is 7.94. The molecule has 1 aromatic heterocycles. The van der Waals surface area contributed by atoms with E-state index in [0.29, 0.717) is 34.7 Å². The lowest BCUT2D eigenvalue weighted by molar-refractivity contribution is 0.0595. The summed E-state index contributed by atoms with van der Waals surface area (Å²) in [6.07, 6.45) is 0.369. The zero-order valence-electron chi connectivity index (χ0n) is 18.5. The van der Waals surface area contributed by atoms with E-state index in [0.717, 1.165) is 22.5 Å². The molecule has 9 heteroatoms. The number of anilines is 1. The molecule has 4 rings (SSSR count). The van der Waals surface area contributed by atoms with Gasteiger partial charge in [0.25, 0.3) is 15.9 Å². The Morgan fingerprint density at radius 3 is 2.48 bits per heavy atom. The SMILES string of the molecule is COC(=O)c1c(S(=O)(=O)Nc2cccc(C)c2C)sc2c1CCN(C(=O)c1ccccc1)C2. The number of carbonyl (C=O) groups is 2. The summed E-state index contributed by atoms with van der Waals surface area (Å²) in [6, 6.07) is 14.3. The number of esters is 1. The first-order valence-electron chi connectivity index (χ1n) is 10.4. The molecular weight excluding hydrogens is 460 g/mol. The van der Waals surface area contributed by atoms with Gasteiger partial charge in [0, 0.05) is 17.0 Å². The van der Waals surface area contributed by atoms with E-state index in [9.17, 15) is 18.0 Å². The summed E-state index contributed by atoms with van der Waals surface area (Å²) in [4.78, 5) is 27.9. The number of nitrogens with zero attached hydrogens (tertiary/aromatic N) is 1. The van der Waals surface area contributed by atoms with Gasteiger partial charge in [-0.25, -0.2) is 13.2 Å². The summed E-state index contributed by atoms with van der Waals surface area (Å²) in [6.45, 7) is 4.35. The summed E-state index contributed by atoms with van der Waals surface area (Å²) in [5, 5.41) is 0. The number of thiophene rings is 1. The van der Waals surface area contributed by atoms with Crippen LogP contribution >= 0.6 is 11.3 Å². The lowest BCUT2D eigenvalue weighted by Crippen LogP contribution is -2.35. The second-order valence-electron chi connectivity index (χ2n) is 7.85. The minimum atomic E-state index is -4.06. The maximum Gasteiger partial charge on any atom is 0.340 e. The number of hydrogen-bond acceptors (Lipinski definition) is 6. The molecule has 33 heavy (non-hydrogen) atoms. The van der Waals surface area contributed by atoms with Crippen molar-refractivity contribution >= 4 is 38.9 Å². The zero-order chi connectivity index (χ0) is 23.8. The van der Waals surface area contributed by atoms with Crippen molar-refractivity contribution in [3.05, 3.63) is 81.2 Å². The first-order chi connectivity index (χ1) is 15.7. The van der Waals surface area contributed by atoms with E-state index in [1.165, 1.54) is 7.11 Å². The summed E-state index contributed by atoms with van der Waals surface area (Å²) < 4.78 is 34.2. The van der Waals surface area contributed by atoms with Crippen LogP contribution in [0, 0.1) is 13.8 Å². The van der Waals surface area contributed by atoms with E-state index < -0.39 is 16.0 Å². The topological polar surface area (TPSA) is 92.8 Å². The molecule has 0 unspecified atom stereocenters. The number of fused-ring (bicyclic) bond motifs is 1. The van der Waals surface area contributed by atoms with Gasteiger partial charge >= 0.3 is 5.97 Å². The van der Waals surface area contributed by atoms with Crippen LogP contribution in [0.15, 0.2) is 52.7 Å². The van der Waals surface area contributed by atoms with Crippen LogP contribution in [0.2, 0.25) is 0 Å². The van der Waals surface area contributed by atoms with Gasteiger partial charge in [-0.2, -0.15) is 0 Å². The average Bonchev–Trinajstić information content (AvgIpc) is 3.21. The Kier molecular flexibility index (Phi) is 6.27. The van der Waals surface area contributed by atoms with Gasteiger partial charge in [-0.05, 0) is 55.2 Å². The van der Waals surface area contributed by atoms with Gasteiger partial charge in [-0.1, -0.05) is 30.3 Å². The normalized spacial score (nSPS) is 13.4. The Morgan fingerprint density at radius 1 is 1.06 bits per heavy atom. The monoisotopic (exact) mass is 484 g/mol. The summed E-state index contributed by atoms with van der Waals surface area (Å²) in [5.41, 5.74) is 3.46. The van der Waals surface area contributed by atoms with Crippen molar-refractivity contribution in [2.24, 2.45) is 0 Å². The molecular formula is C24H24N2O5S2. The Morgan fingerprint density at radius 2 is 1.79 bits per heavy atom. The molecule has 0 bridgehead atoms. The highest BCUT2D eigenvalue weighted by atomic mass is 32.2. The largest absolute Gasteiger partial charge is 0.465 e. The van der Waals surface area contributed by atoms with Crippen molar-refractivity contribution in [1.29, 1.82) is 0 Å². The number of sulfonamides is 1. The molecule has 0 radical (unpaired) electrons. The lowest BCUT2D eigenvalue weighted by Gasteiger charge is -2.27. The smallest absolute Gasteiger partial charge is 0.340 e. The number of hydrogen-bond donors (Lipinski definition) is 1. The zero-order valence-corrected chi connectivity index (χ0v) is 20.2. The number of ether oxygens (including phenoxy) is 1. The van der Waals surface area contributed by atoms with Gasteiger partial charge < -0.3 is 9.64 Å². The summed E-state index contributed by atoms with van der Waals surface area (Å²) in [7, 11) is -2.83. The highest BCUT2D eigenvalue weighted by Gasteiger charge is 2.35. The van der Waals surface area contributed by atoms with Gasteiger partial charge in [0.1, 0.15) is 0 Å². The predicted molar refractivity (Wildman–Crippen MR) is 127 cm³/mol. The number of carbonyl (C=O) groups excluding carboxylic acids is 2. The Bertz CT molecular complexity index is 1330. The molecule has 1 aliphatic rings. The molecule has 0 fully saturated rings. The fourth-order valence-electron chi connectivity index (χ4n) is 3.87. The van der Waals surface area contributed by atoms with Gasteiger partial charge in [0.05, 0.1) is 24.9 Å². The maximum atomic E-state index is 13.4. The third-order valence-electron chi connectivity index (χ3n) is 5.82. The fraction of sp³-hybridized carbons (Fsp3) is 0.250. The standard InChI is InChI=1S/C24H24N2O5S2/c1-15-8-7-11-19(16(15)2)25-33(29,30)24-21(23(28)31-3)18-12-13-26(14-20(18)32-24)22(27)17-9-5-4-6-10-17/h4-11,25H,12-14H2,1-3H3. The molecule has 3 aromatic rings. The van der Waals surface area contributed by atoms with Crippen LogP contribution in [0.25, 0.3) is 0 Å². The van der Waals surface area contributed by atoms with Crippen LogP contribution < -0.4 is 4.72 Å². The number of rotatable bonds is 5. The number of nitrogens with one attached hydrogen (secondary N) is 1. The third kappa shape index (κ3) is 4.38. The average molecular weight is 485 g/mol. The van der Waals surface area contributed by atoms with Gasteiger partial charge in [-0.3, -0.25) is 9.52 Å². The lowest BCUT2D eigenvalue weighted by atomic mass is 10.0. The molecule has 0 saturated heterocycles. The predicted octanol–water partition coefficient (Wildman–Crippen LogP) is 4.15. The molecule has 1 N–H and O–H groups in total. The van der Waals surface area contributed by atoms with Crippen LogP contribution in [0.4, 0.5) is 5.69 Å². The number of aryl methyl sites for hydroxylation is 1. The minimum Gasteiger partial charge on any atom is -0.465 e.